The smallest absolute Gasteiger partial charge is 0.273 e. The molecule has 0 radical (unpaired) electrons. The summed E-state index contributed by atoms with van der Waals surface area (Å²) in [5.74, 6) is -0.343. The number of nitro benzene ring substituents is 1. The molecule has 152 valence electrons. The fourth-order valence-electron chi connectivity index (χ4n) is 3.08. The number of carbonyl (C=O) groups excluding carboxylic acids is 1. The van der Waals surface area contributed by atoms with Gasteiger partial charge in [-0.05, 0) is 24.6 Å². The van der Waals surface area contributed by atoms with Crippen molar-refractivity contribution < 1.29 is 18.1 Å². The molecule has 2 aromatic carbocycles. The number of benzene rings is 2. The van der Waals surface area contributed by atoms with Gasteiger partial charge in [-0.1, -0.05) is 36.4 Å². The number of hydrogen-bond donors (Lipinski definition) is 0. The third-order valence-electron chi connectivity index (χ3n) is 4.77. The van der Waals surface area contributed by atoms with Crippen molar-refractivity contribution in [3.05, 3.63) is 80.7 Å². The van der Waals surface area contributed by atoms with Crippen molar-refractivity contribution in [3.8, 4) is 0 Å². The maximum atomic E-state index is 12.7. The molecule has 0 spiro atoms. The summed E-state index contributed by atoms with van der Waals surface area (Å²) in [5, 5.41) is 12.3. The Bertz CT molecular complexity index is 1040. The summed E-state index contributed by atoms with van der Waals surface area (Å²) < 4.78 is 26.4. The molecule has 0 unspecified atom stereocenters. The Hall–Kier alpha value is -3.04. The minimum absolute atomic E-state index is 0.108. The van der Waals surface area contributed by atoms with Gasteiger partial charge in [0.1, 0.15) is 0 Å². The van der Waals surface area contributed by atoms with Gasteiger partial charge >= 0.3 is 0 Å². The van der Waals surface area contributed by atoms with E-state index in [1.165, 1.54) is 26.8 Å². The highest BCUT2D eigenvalue weighted by molar-refractivity contribution is 7.92. The maximum absolute atomic E-state index is 12.7. The van der Waals surface area contributed by atoms with Crippen LogP contribution in [0.3, 0.4) is 0 Å². The average molecular weight is 415 g/mol. The van der Waals surface area contributed by atoms with Gasteiger partial charge in [0, 0.05) is 48.8 Å². The van der Waals surface area contributed by atoms with Gasteiger partial charge in [-0.3, -0.25) is 14.9 Å². The highest BCUT2D eigenvalue weighted by atomic mass is 32.2. The molecule has 1 saturated heterocycles. The summed E-state index contributed by atoms with van der Waals surface area (Å²) in [5.41, 5.74) is 1.38. The zero-order valence-corrected chi connectivity index (χ0v) is 16.7. The SMILES string of the molecule is Cc1ccc(C(=O)N2CCN(S(=O)(=O)/C=C/c3ccccc3)CC2)cc1[N+](=O)[O-]. The molecule has 29 heavy (non-hydrogen) atoms. The second-order valence-corrected chi connectivity index (χ2v) is 8.53. The summed E-state index contributed by atoms with van der Waals surface area (Å²) in [6, 6.07) is 13.5. The molecular formula is C20H21N3O5S. The van der Waals surface area contributed by atoms with Crippen LogP contribution in [-0.2, 0) is 10.0 Å². The molecule has 0 aliphatic carbocycles. The maximum Gasteiger partial charge on any atom is 0.273 e. The summed E-state index contributed by atoms with van der Waals surface area (Å²) in [4.78, 5) is 24.8. The molecule has 0 aromatic heterocycles. The summed E-state index contributed by atoms with van der Waals surface area (Å²) in [6.45, 7) is 2.39. The van der Waals surface area contributed by atoms with E-state index in [2.05, 4.69) is 0 Å². The number of aryl methyl sites for hydroxylation is 1. The Morgan fingerprint density at radius 1 is 1.07 bits per heavy atom. The van der Waals surface area contributed by atoms with Crippen molar-refractivity contribution in [1.82, 2.24) is 9.21 Å². The van der Waals surface area contributed by atoms with Gasteiger partial charge in [-0.2, -0.15) is 4.31 Å². The van der Waals surface area contributed by atoms with Crippen LogP contribution in [0.4, 0.5) is 5.69 Å². The van der Waals surface area contributed by atoms with Crippen LogP contribution in [0.15, 0.2) is 53.9 Å². The zero-order valence-electron chi connectivity index (χ0n) is 15.9. The van der Waals surface area contributed by atoms with Gasteiger partial charge in [-0.25, -0.2) is 8.42 Å². The third-order valence-corrected chi connectivity index (χ3v) is 6.34. The molecule has 1 heterocycles. The van der Waals surface area contributed by atoms with Crippen molar-refractivity contribution in [2.75, 3.05) is 26.2 Å². The number of nitro groups is 1. The first-order valence-electron chi connectivity index (χ1n) is 9.05. The first kappa shape index (κ1) is 20.7. The average Bonchev–Trinajstić information content (AvgIpc) is 2.73. The fourth-order valence-corrected chi connectivity index (χ4v) is 4.26. The van der Waals surface area contributed by atoms with Crippen LogP contribution in [0.5, 0.6) is 0 Å². The van der Waals surface area contributed by atoms with E-state index in [4.69, 9.17) is 0 Å². The predicted octanol–water partition coefficient (Wildman–Crippen LogP) is 2.66. The second kappa shape index (κ2) is 8.54. The summed E-state index contributed by atoms with van der Waals surface area (Å²) in [6.07, 6.45) is 1.54. The molecule has 2 aromatic rings. The van der Waals surface area contributed by atoms with E-state index in [-0.39, 0.29) is 43.3 Å². The highest BCUT2D eigenvalue weighted by Gasteiger charge is 2.28. The predicted molar refractivity (Wildman–Crippen MR) is 110 cm³/mol. The Kier molecular flexibility index (Phi) is 6.09. The van der Waals surface area contributed by atoms with E-state index >= 15 is 0 Å². The number of rotatable bonds is 5. The van der Waals surface area contributed by atoms with Gasteiger partial charge in [0.15, 0.2) is 0 Å². The Morgan fingerprint density at radius 3 is 2.34 bits per heavy atom. The van der Waals surface area contributed by atoms with Gasteiger partial charge in [0.2, 0.25) is 10.0 Å². The van der Waals surface area contributed by atoms with Crippen LogP contribution < -0.4 is 0 Å². The molecular weight excluding hydrogens is 394 g/mol. The van der Waals surface area contributed by atoms with Crippen molar-refractivity contribution in [1.29, 1.82) is 0 Å². The number of nitrogens with zero attached hydrogens (tertiary/aromatic N) is 3. The number of carbonyl (C=O) groups is 1. The van der Waals surface area contributed by atoms with E-state index in [1.807, 2.05) is 30.3 Å². The lowest BCUT2D eigenvalue weighted by Gasteiger charge is -2.33. The number of amides is 1. The van der Waals surface area contributed by atoms with Crippen molar-refractivity contribution in [2.24, 2.45) is 0 Å². The zero-order chi connectivity index (χ0) is 21.0. The molecule has 1 fully saturated rings. The lowest BCUT2D eigenvalue weighted by Crippen LogP contribution is -2.50. The van der Waals surface area contributed by atoms with Crippen LogP contribution in [0, 0.1) is 17.0 Å². The summed E-state index contributed by atoms with van der Waals surface area (Å²) in [7, 11) is -3.59. The summed E-state index contributed by atoms with van der Waals surface area (Å²) >= 11 is 0. The molecule has 1 aliphatic rings. The minimum atomic E-state index is -3.59. The molecule has 9 heteroatoms. The topological polar surface area (TPSA) is 101 Å². The molecule has 0 atom stereocenters. The number of piperazine rings is 1. The van der Waals surface area contributed by atoms with E-state index in [0.29, 0.717) is 5.56 Å². The third kappa shape index (κ3) is 4.87. The monoisotopic (exact) mass is 415 g/mol. The van der Waals surface area contributed by atoms with Crippen molar-refractivity contribution in [2.45, 2.75) is 6.92 Å². The van der Waals surface area contributed by atoms with Crippen LogP contribution in [-0.4, -0.2) is 54.6 Å². The molecule has 0 bridgehead atoms. The second-order valence-electron chi connectivity index (χ2n) is 6.71. The van der Waals surface area contributed by atoms with Gasteiger partial charge in [0.05, 0.1) is 4.92 Å². The Balaban J connectivity index is 1.65. The van der Waals surface area contributed by atoms with Gasteiger partial charge in [0.25, 0.3) is 11.6 Å². The van der Waals surface area contributed by atoms with Gasteiger partial charge < -0.3 is 4.90 Å². The van der Waals surface area contributed by atoms with Crippen molar-refractivity contribution in [3.63, 3.8) is 0 Å². The van der Waals surface area contributed by atoms with Crippen LogP contribution in [0.25, 0.3) is 6.08 Å². The number of hydrogen-bond acceptors (Lipinski definition) is 5. The molecule has 1 aliphatic heterocycles. The largest absolute Gasteiger partial charge is 0.336 e. The lowest BCUT2D eigenvalue weighted by molar-refractivity contribution is -0.385. The van der Waals surface area contributed by atoms with E-state index in [0.717, 1.165) is 5.56 Å². The first-order valence-corrected chi connectivity index (χ1v) is 10.6. The molecule has 1 amide bonds. The molecule has 8 nitrogen and oxygen atoms in total. The molecule has 3 rings (SSSR count). The Labute approximate surface area is 169 Å². The van der Waals surface area contributed by atoms with Crippen LogP contribution in [0.2, 0.25) is 0 Å². The minimum Gasteiger partial charge on any atom is -0.336 e. The van der Waals surface area contributed by atoms with E-state index in [1.54, 1.807) is 19.1 Å². The molecule has 0 saturated carbocycles. The number of sulfonamides is 1. The van der Waals surface area contributed by atoms with E-state index in [9.17, 15) is 23.3 Å². The van der Waals surface area contributed by atoms with Crippen molar-refractivity contribution >= 4 is 27.7 Å². The quantitative estimate of drug-likeness (QED) is 0.552. The standard InChI is InChI=1S/C20H21N3O5S/c1-16-7-8-18(15-19(16)23(25)26)20(24)21-10-12-22(13-11-21)29(27,28)14-9-17-5-3-2-4-6-17/h2-9,14-15H,10-13H2,1H3/b14-9+. The molecule has 0 N–H and O–H groups in total. The highest BCUT2D eigenvalue weighted by Crippen LogP contribution is 2.21. The van der Waals surface area contributed by atoms with Gasteiger partial charge in [-0.15, -0.1) is 0 Å². The normalized spacial score (nSPS) is 15.6. The van der Waals surface area contributed by atoms with Crippen LogP contribution in [0.1, 0.15) is 21.5 Å². The first-order chi connectivity index (χ1) is 13.8. The Morgan fingerprint density at radius 2 is 1.72 bits per heavy atom. The van der Waals surface area contributed by atoms with Crippen LogP contribution >= 0.6 is 0 Å². The van der Waals surface area contributed by atoms with E-state index < -0.39 is 14.9 Å². The lowest BCUT2D eigenvalue weighted by atomic mass is 10.1. The fraction of sp³-hybridized carbons (Fsp3) is 0.250.